The van der Waals surface area contributed by atoms with Gasteiger partial charge in [0.15, 0.2) is 0 Å². The van der Waals surface area contributed by atoms with Crippen LogP contribution in [0.1, 0.15) is 38.7 Å². The predicted octanol–water partition coefficient (Wildman–Crippen LogP) is 4.27. The number of rotatable bonds is 7. The van der Waals surface area contributed by atoms with Gasteiger partial charge in [-0.05, 0) is 31.4 Å². The van der Waals surface area contributed by atoms with E-state index in [0.29, 0.717) is 5.92 Å². The minimum atomic E-state index is -0.176. The molecule has 0 spiro atoms. The van der Waals surface area contributed by atoms with Gasteiger partial charge in [-0.1, -0.05) is 44.4 Å². The van der Waals surface area contributed by atoms with E-state index in [-0.39, 0.29) is 6.10 Å². The van der Waals surface area contributed by atoms with E-state index >= 15 is 0 Å². The topological polar surface area (TPSA) is 20.2 Å². The van der Waals surface area contributed by atoms with Crippen molar-refractivity contribution in [2.75, 3.05) is 5.75 Å². The zero-order valence-electron chi connectivity index (χ0n) is 11.1. The van der Waals surface area contributed by atoms with Gasteiger partial charge < -0.3 is 5.11 Å². The van der Waals surface area contributed by atoms with Crippen molar-refractivity contribution < 1.29 is 5.11 Å². The van der Waals surface area contributed by atoms with E-state index in [1.165, 1.54) is 23.3 Å². The van der Waals surface area contributed by atoms with Crippen molar-refractivity contribution >= 4 is 11.8 Å². The Hall–Kier alpha value is -0.470. The summed E-state index contributed by atoms with van der Waals surface area (Å²) in [6, 6.07) is 8.46. The van der Waals surface area contributed by atoms with Gasteiger partial charge in [0.2, 0.25) is 0 Å². The maximum atomic E-state index is 9.99. The molecule has 0 aliphatic rings. The number of aryl methyl sites for hydroxylation is 1. The van der Waals surface area contributed by atoms with Crippen molar-refractivity contribution in [2.45, 2.75) is 51.0 Å². The second-order valence-electron chi connectivity index (χ2n) is 4.70. The number of hydrogen-bond acceptors (Lipinski definition) is 2. The summed E-state index contributed by atoms with van der Waals surface area (Å²) in [5.41, 5.74) is 1.28. The highest BCUT2D eigenvalue weighted by atomic mass is 32.2. The Bertz CT molecular complexity index is 320. The third-order valence-electron chi connectivity index (χ3n) is 3.19. The Balaban J connectivity index is 2.35. The Kier molecular flexibility index (Phi) is 6.68. The van der Waals surface area contributed by atoms with Gasteiger partial charge in [0.1, 0.15) is 0 Å². The highest BCUT2D eigenvalue weighted by molar-refractivity contribution is 7.99. The molecular weight excluding hydrogens is 228 g/mol. The summed E-state index contributed by atoms with van der Waals surface area (Å²) in [7, 11) is 0. The van der Waals surface area contributed by atoms with E-state index in [1.807, 2.05) is 0 Å². The summed E-state index contributed by atoms with van der Waals surface area (Å²) in [6.45, 7) is 6.51. The number of hydrogen-bond donors (Lipinski definition) is 1. The molecular formula is C15H24OS. The van der Waals surface area contributed by atoms with Gasteiger partial charge in [-0.25, -0.2) is 0 Å². The third-order valence-corrected chi connectivity index (χ3v) is 4.33. The van der Waals surface area contributed by atoms with Crippen LogP contribution in [0.3, 0.4) is 0 Å². The van der Waals surface area contributed by atoms with E-state index in [2.05, 4.69) is 45.0 Å². The molecule has 1 atom stereocenters. The predicted molar refractivity (Wildman–Crippen MR) is 76.6 cm³/mol. The Morgan fingerprint density at radius 1 is 1.24 bits per heavy atom. The SMILES string of the molecule is CCC(CC)CC(O)CSc1cccc(C)c1. The van der Waals surface area contributed by atoms with Crippen LogP contribution in [0, 0.1) is 12.8 Å². The first kappa shape index (κ1) is 14.6. The molecule has 1 aromatic rings. The Labute approximate surface area is 110 Å². The molecule has 0 fully saturated rings. The largest absolute Gasteiger partial charge is 0.392 e. The van der Waals surface area contributed by atoms with Gasteiger partial charge in [0.05, 0.1) is 6.10 Å². The number of aliphatic hydroxyl groups is 1. The van der Waals surface area contributed by atoms with Gasteiger partial charge in [0.25, 0.3) is 0 Å². The van der Waals surface area contributed by atoms with Crippen molar-refractivity contribution in [1.29, 1.82) is 0 Å². The summed E-state index contributed by atoms with van der Waals surface area (Å²) in [5.74, 6) is 1.48. The lowest BCUT2D eigenvalue weighted by Crippen LogP contribution is -2.15. The van der Waals surface area contributed by atoms with Crippen molar-refractivity contribution in [3.8, 4) is 0 Å². The molecule has 1 unspecified atom stereocenters. The van der Waals surface area contributed by atoms with Crippen LogP contribution in [-0.4, -0.2) is 17.0 Å². The average Bonchev–Trinajstić information content (AvgIpc) is 2.33. The summed E-state index contributed by atoms with van der Waals surface area (Å²) in [4.78, 5) is 1.26. The van der Waals surface area contributed by atoms with Crippen LogP contribution in [0.25, 0.3) is 0 Å². The van der Waals surface area contributed by atoms with Crippen molar-refractivity contribution in [2.24, 2.45) is 5.92 Å². The van der Waals surface area contributed by atoms with E-state index in [1.54, 1.807) is 11.8 Å². The van der Waals surface area contributed by atoms with Crippen LogP contribution in [0.2, 0.25) is 0 Å². The third kappa shape index (κ3) is 5.60. The molecule has 1 nitrogen and oxygen atoms in total. The molecule has 1 rings (SSSR count). The van der Waals surface area contributed by atoms with Gasteiger partial charge in [0, 0.05) is 10.6 Å². The van der Waals surface area contributed by atoms with Gasteiger partial charge in [-0.2, -0.15) is 0 Å². The Morgan fingerprint density at radius 3 is 2.53 bits per heavy atom. The molecule has 0 heterocycles. The summed E-state index contributed by atoms with van der Waals surface area (Å²) in [5, 5.41) is 9.99. The molecule has 0 aromatic heterocycles. The van der Waals surface area contributed by atoms with Crippen molar-refractivity contribution in [3.05, 3.63) is 29.8 Å². The fourth-order valence-electron chi connectivity index (χ4n) is 1.97. The van der Waals surface area contributed by atoms with Crippen molar-refractivity contribution in [1.82, 2.24) is 0 Å². The minimum Gasteiger partial charge on any atom is -0.392 e. The highest BCUT2D eigenvalue weighted by Crippen LogP contribution is 2.23. The van der Waals surface area contributed by atoms with Gasteiger partial charge >= 0.3 is 0 Å². The van der Waals surface area contributed by atoms with E-state index in [4.69, 9.17) is 0 Å². The maximum absolute atomic E-state index is 9.99. The quantitative estimate of drug-likeness (QED) is 0.731. The van der Waals surface area contributed by atoms with E-state index in [9.17, 15) is 5.11 Å². The Morgan fingerprint density at radius 2 is 1.94 bits per heavy atom. The fourth-order valence-corrected chi connectivity index (χ4v) is 2.94. The lowest BCUT2D eigenvalue weighted by Gasteiger charge is -2.17. The molecule has 0 aliphatic heterocycles. The standard InChI is InChI=1S/C15H24OS/c1-4-13(5-2)10-14(16)11-17-15-8-6-7-12(3)9-15/h6-9,13-14,16H,4-5,10-11H2,1-3H3. The molecule has 96 valence electrons. The fraction of sp³-hybridized carbons (Fsp3) is 0.600. The lowest BCUT2D eigenvalue weighted by atomic mass is 9.97. The van der Waals surface area contributed by atoms with Crippen LogP contribution in [0.4, 0.5) is 0 Å². The molecule has 0 saturated heterocycles. The molecule has 1 N–H and O–H groups in total. The molecule has 2 heteroatoms. The van der Waals surface area contributed by atoms with Crippen molar-refractivity contribution in [3.63, 3.8) is 0 Å². The number of aliphatic hydroxyl groups excluding tert-OH is 1. The molecule has 0 aliphatic carbocycles. The zero-order chi connectivity index (χ0) is 12.7. The lowest BCUT2D eigenvalue weighted by molar-refractivity contribution is 0.161. The minimum absolute atomic E-state index is 0.176. The average molecular weight is 252 g/mol. The summed E-state index contributed by atoms with van der Waals surface area (Å²) in [6.07, 6.45) is 3.10. The van der Waals surface area contributed by atoms with Crippen LogP contribution < -0.4 is 0 Å². The van der Waals surface area contributed by atoms with Crippen LogP contribution in [-0.2, 0) is 0 Å². The first-order valence-electron chi connectivity index (χ1n) is 6.53. The van der Waals surface area contributed by atoms with Crippen LogP contribution >= 0.6 is 11.8 Å². The highest BCUT2D eigenvalue weighted by Gasteiger charge is 2.11. The van der Waals surface area contributed by atoms with E-state index in [0.717, 1.165) is 12.2 Å². The zero-order valence-corrected chi connectivity index (χ0v) is 12.0. The molecule has 0 amide bonds. The number of benzene rings is 1. The second-order valence-corrected chi connectivity index (χ2v) is 5.79. The summed E-state index contributed by atoms with van der Waals surface area (Å²) < 4.78 is 0. The van der Waals surface area contributed by atoms with Gasteiger partial charge in [-0.15, -0.1) is 11.8 Å². The molecule has 0 radical (unpaired) electrons. The normalized spacial score (nSPS) is 13.0. The first-order chi connectivity index (χ1) is 8.15. The van der Waals surface area contributed by atoms with E-state index < -0.39 is 0 Å². The number of thioether (sulfide) groups is 1. The first-order valence-corrected chi connectivity index (χ1v) is 7.51. The maximum Gasteiger partial charge on any atom is 0.0636 e. The monoisotopic (exact) mass is 252 g/mol. The van der Waals surface area contributed by atoms with Crippen LogP contribution in [0.15, 0.2) is 29.2 Å². The molecule has 1 aromatic carbocycles. The van der Waals surface area contributed by atoms with Gasteiger partial charge in [-0.3, -0.25) is 0 Å². The second kappa shape index (κ2) is 7.78. The molecule has 0 bridgehead atoms. The van der Waals surface area contributed by atoms with Crippen LogP contribution in [0.5, 0.6) is 0 Å². The molecule has 17 heavy (non-hydrogen) atoms. The smallest absolute Gasteiger partial charge is 0.0636 e. The summed E-state index contributed by atoms with van der Waals surface area (Å²) >= 11 is 1.76. The molecule has 0 saturated carbocycles.